The van der Waals surface area contributed by atoms with Crippen molar-refractivity contribution in [3.63, 3.8) is 0 Å². The van der Waals surface area contributed by atoms with Crippen molar-refractivity contribution in [3.05, 3.63) is 181 Å². The maximum atomic E-state index is 14.5. The summed E-state index contributed by atoms with van der Waals surface area (Å²) >= 11 is 6.34. The summed E-state index contributed by atoms with van der Waals surface area (Å²) in [7, 11) is 0. The molecule has 0 bridgehead atoms. The van der Waals surface area contributed by atoms with E-state index in [4.69, 9.17) is 21.6 Å². The SMILES string of the molecule is O=C1c2ccccc2C(=O)c2cc3c(=Nc4cc5c(c6[nH]c7ccc(Cl)cc7c(=O)c46)C(=O)c4ccccc4C5=O)[nH]c(-c4ccccc4)nc3cc21. The van der Waals surface area contributed by atoms with Crippen LogP contribution in [0.4, 0.5) is 5.69 Å². The molecule has 0 spiro atoms. The molecule has 0 amide bonds. The molecule has 6 aromatic carbocycles. The van der Waals surface area contributed by atoms with Crippen LogP contribution in [0.1, 0.15) is 63.7 Å². The number of pyridine rings is 1. The minimum Gasteiger partial charge on any atom is -0.354 e. The number of halogens is 1. The van der Waals surface area contributed by atoms with Gasteiger partial charge in [0.1, 0.15) is 11.3 Å². The van der Waals surface area contributed by atoms with Crippen LogP contribution in [0.5, 0.6) is 0 Å². The molecule has 0 saturated carbocycles. The Morgan fingerprint density at radius 1 is 0.547 bits per heavy atom. The smallest absolute Gasteiger partial charge is 0.199 e. The van der Waals surface area contributed by atoms with Gasteiger partial charge in [-0.2, -0.15) is 0 Å². The van der Waals surface area contributed by atoms with Crippen molar-refractivity contribution < 1.29 is 19.2 Å². The van der Waals surface area contributed by atoms with Crippen LogP contribution >= 0.6 is 11.6 Å². The van der Waals surface area contributed by atoms with Crippen LogP contribution in [0.2, 0.25) is 5.02 Å². The van der Waals surface area contributed by atoms with Gasteiger partial charge in [-0.25, -0.2) is 9.98 Å². The van der Waals surface area contributed by atoms with Gasteiger partial charge in [-0.3, -0.25) is 24.0 Å². The van der Waals surface area contributed by atoms with E-state index in [0.717, 1.165) is 0 Å². The van der Waals surface area contributed by atoms with Crippen LogP contribution in [-0.4, -0.2) is 38.1 Å². The van der Waals surface area contributed by atoms with Gasteiger partial charge in [-0.05, 0) is 36.4 Å². The van der Waals surface area contributed by atoms with Crippen LogP contribution in [0.15, 0.2) is 125 Å². The molecule has 2 aliphatic rings. The van der Waals surface area contributed by atoms with Crippen molar-refractivity contribution in [2.24, 2.45) is 4.99 Å². The highest BCUT2D eigenvalue weighted by Gasteiger charge is 2.34. The molecule has 0 unspecified atom stereocenters. The highest BCUT2D eigenvalue weighted by atomic mass is 35.5. The first-order chi connectivity index (χ1) is 25.8. The summed E-state index contributed by atoms with van der Waals surface area (Å²) < 4.78 is 0. The van der Waals surface area contributed by atoms with Gasteiger partial charge in [0.25, 0.3) is 0 Å². The summed E-state index contributed by atoms with van der Waals surface area (Å²) in [6.07, 6.45) is 0. The Morgan fingerprint density at radius 2 is 1.15 bits per heavy atom. The lowest BCUT2D eigenvalue weighted by molar-refractivity contribution is 0.0979. The van der Waals surface area contributed by atoms with E-state index < -0.39 is 17.0 Å². The second kappa shape index (κ2) is 11.2. The predicted octanol–water partition coefficient (Wildman–Crippen LogP) is 7.66. The molecule has 2 aromatic heterocycles. The molecule has 9 nitrogen and oxygen atoms in total. The molecule has 8 aromatic rings. The van der Waals surface area contributed by atoms with Gasteiger partial charge in [0.2, 0.25) is 0 Å². The molecule has 10 heteroatoms. The maximum absolute atomic E-state index is 14.5. The Bertz CT molecular complexity index is 3180. The van der Waals surface area contributed by atoms with Crippen LogP contribution in [0.3, 0.4) is 0 Å². The van der Waals surface area contributed by atoms with E-state index in [1.807, 2.05) is 30.3 Å². The highest BCUT2D eigenvalue weighted by Crippen LogP contribution is 2.37. The lowest BCUT2D eigenvalue weighted by Crippen LogP contribution is -2.23. The van der Waals surface area contributed by atoms with E-state index in [0.29, 0.717) is 44.0 Å². The number of carbonyl (C=O) groups is 4. The fourth-order valence-corrected chi connectivity index (χ4v) is 7.63. The van der Waals surface area contributed by atoms with Gasteiger partial charge in [-0.15, -0.1) is 0 Å². The summed E-state index contributed by atoms with van der Waals surface area (Å²) in [6, 6.07) is 32.0. The van der Waals surface area contributed by atoms with E-state index in [1.165, 1.54) is 12.1 Å². The lowest BCUT2D eigenvalue weighted by atomic mass is 9.82. The number of hydrogen-bond acceptors (Lipinski definition) is 7. The number of H-pyrrole nitrogens is 2. The first-order valence-electron chi connectivity index (χ1n) is 16.6. The third kappa shape index (κ3) is 4.47. The molecule has 10 rings (SSSR count). The first kappa shape index (κ1) is 30.7. The number of hydrogen-bond donors (Lipinski definition) is 2. The monoisotopic (exact) mass is 708 g/mol. The number of fused-ring (bicyclic) bond motifs is 8. The molecule has 2 heterocycles. The van der Waals surface area contributed by atoms with Crippen LogP contribution in [-0.2, 0) is 0 Å². The topological polar surface area (TPSA) is 142 Å². The molecule has 2 aliphatic carbocycles. The van der Waals surface area contributed by atoms with Crippen molar-refractivity contribution in [2.45, 2.75) is 0 Å². The molecule has 0 atom stereocenters. The van der Waals surface area contributed by atoms with Crippen molar-refractivity contribution in [1.82, 2.24) is 15.0 Å². The number of ketones is 4. The molecule has 0 fully saturated rings. The van der Waals surface area contributed by atoms with E-state index in [9.17, 15) is 24.0 Å². The van der Waals surface area contributed by atoms with Crippen molar-refractivity contribution in [1.29, 1.82) is 0 Å². The molecule has 0 radical (unpaired) electrons. The fraction of sp³-hybridized carbons (Fsp3) is 0. The molecule has 0 saturated heterocycles. The number of rotatable bonds is 2. The Hall–Kier alpha value is -7.10. The molecular formula is C43H21ClN4O5. The van der Waals surface area contributed by atoms with E-state index in [2.05, 4.69) is 9.97 Å². The van der Waals surface area contributed by atoms with Crippen LogP contribution in [0, 0.1) is 0 Å². The normalized spacial score (nSPS) is 13.7. The summed E-state index contributed by atoms with van der Waals surface area (Å²) in [5.74, 6) is -1.01. The minimum absolute atomic E-state index is 0.0665. The quantitative estimate of drug-likeness (QED) is 0.177. The van der Waals surface area contributed by atoms with Gasteiger partial charge < -0.3 is 9.97 Å². The van der Waals surface area contributed by atoms with Crippen molar-refractivity contribution >= 4 is 73.1 Å². The van der Waals surface area contributed by atoms with Crippen LogP contribution < -0.4 is 10.9 Å². The Kier molecular flexibility index (Phi) is 6.49. The number of aromatic amines is 2. The summed E-state index contributed by atoms with van der Waals surface area (Å²) in [4.78, 5) is 86.6. The Labute approximate surface area is 303 Å². The second-order valence-corrected chi connectivity index (χ2v) is 13.4. The lowest BCUT2D eigenvalue weighted by Gasteiger charge is -2.20. The Morgan fingerprint density at radius 3 is 1.83 bits per heavy atom. The van der Waals surface area contributed by atoms with Gasteiger partial charge in [0.15, 0.2) is 28.6 Å². The zero-order valence-electron chi connectivity index (χ0n) is 27.3. The van der Waals surface area contributed by atoms with E-state index in [-0.39, 0.29) is 72.4 Å². The largest absolute Gasteiger partial charge is 0.354 e. The average Bonchev–Trinajstić information content (AvgIpc) is 3.19. The third-order valence-electron chi connectivity index (χ3n) is 9.95. The number of nitrogens with one attached hydrogen (secondary N) is 2. The van der Waals surface area contributed by atoms with Gasteiger partial charge in [0, 0.05) is 65.8 Å². The zero-order valence-corrected chi connectivity index (χ0v) is 28.0. The number of benzene rings is 6. The maximum Gasteiger partial charge on any atom is 0.199 e. The number of aromatic nitrogens is 3. The number of carbonyl (C=O) groups excluding carboxylic acids is 4. The van der Waals surface area contributed by atoms with Gasteiger partial charge in [0.05, 0.1) is 27.7 Å². The fourth-order valence-electron chi connectivity index (χ4n) is 7.45. The summed E-state index contributed by atoms with van der Waals surface area (Å²) in [5.41, 5.74) is 3.15. The highest BCUT2D eigenvalue weighted by molar-refractivity contribution is 6.33. The number of nitrogens with zero attached hydrogens (tertiary/aromatic N) is 2. The van der Waals surface area contributed by atoms with Gasteiger partial charge >= 0.3 is 0 Å². The zero-order chi connectivity index (χ0) is 36.1. The summed E-state index contributed by atoms with van der Waals surface area (Å²) in [5, 5.41) is 1.06. The third-order valence-corrected chi connectivity index (χ3v) is 10.2. The Balaban J connectivity index is 1.34. The minimum atomic E-state index is -0.451. The molecule has 0 aliphatic heterocycles. The van der Waals surface area contributed by atoms with E-state index in [1.54, 1.807) is 72.8 Å². The molecule has 250 valence electrons. The summed E-state index contributed by atoms with van der Waals surface area (Å²) in [6.45, 7) is 0. The van der Waals surface area contributed by atoms with Gasteiger partial charge in [-0.1, -0.05) is 90.5 Å². The average molecular weight is 709 g/mol. The molecule has 2 N–H and O–H groups in total. The van der Waals surface area contributed by atoms with Crippen LogP contribution in [0.25, 0.3) is 44.1 Å². The van der Waals surface area contributed by atoms with Crippen molar-refractivity contribution in [2.75, 3.05) is 0 Å². The second-order valence-electron chi connectivity index (χ2n) is 12.9. The molecule has 53 heavy (non-hydrogen) atoms. The van der Waals surface area contributed by atoms with E-state index >= 15 is 0 Å². The standard InChI is InChI=1S/C43H21ClN4O5/c44-21-14-15-31-28(16-21)41(53)35-33(19-30-34(36(35)45-31)40(52)25-13-7-6-12-24(25)39(30)51)47-43-29-17-26-27(38(50)23-11-5-4-10-22(23)37(26)49)18-32(29)46-42(48-43)20-8-2-1-3-9-20/h1-19H,(H,45,53)(H,46,47,48). The predicted molar refractivity (Wildman–Crippen MR) is 200 cm³/mol. The first-order valence-corrected chi connectivity index (χ1v) is 17.0. The molecular weight excluding hydrogens is 688 g/mol. The van der Waals surface area contributed by atoms with Crippen molar-refractivity contribution in [3.8, 4) is 11.4 Å².